The van der Waals surface area contributed by atoms with Gasteiger partial charge in [0.1, 0.15) is 23.7 Å². The van der Waals surface area contributed by atoms with Crippen LogP contribution in [0.2, 0.25) is 0 Å². The molecule has 0 fully saturated rings. The summed E-state index contributed by atoms with van der Waals surface area (Å²) in [4.78, 5) is 11.9. The second-order valence-electron chi connectivity index (χ2n) is 5.80. The average molecular weight is 370 g/mol. The van der Waals surface area contributed by atoms with E-state index in [9.17, 15) is 14.5 Å². The standard InChI is InChI=1S/C17H23O7P/c1-10(9-25(20,22-4)23-5)6-7-12-15(18)14-13(8-24-17(14)19)11(2)16(12)21-3/h6,18H,7-9H2,1-5H3/b10-6+. The number of cyclic esters (lactones) is 1. The molecule has 0 aromatic heterocycles. The molecule has 0 unspecified atom stereocenters. The number of phenols is 1. The predicted octanol–water partition coefficient (Wildman–Crippen LogP) is 3.35. The number of allylic oxidation sites excluding steroid dienone is 2. The van der Waals surface area contributed by atoms with Crippen molar-refractivity contribution < 1.29 is 33.0 Å². The summed E-state index contributed by atoms with van der Waals surface area (Å²) < 4.78 is 32.5. The summed E-state index contributed by atoms with van der Waals surface area (Å²) in [6, 6.07) is 0. The van der Waals surface area contributed by atoms with Crippen molar-refractivity contribution in [1.82, 2.24) is 0 Å². The normalized spacial score (nSPS) is 14.4. The van der Waals surface area contributed by atoms with Crippen LogP contribution >= 0.6 is 7.60 Å². The van der Waals surface area contributed by atoms with Crippen molar-refractivity contribution in [3.63, 3.8) is 0 Å². The Morgan fingerprint density at radius 3 is 2.52 bits per heavy atom. The minimum atomic E-state index is -3.16. The highest BCUT2D eigenvalue weighted by Gasteiger charge is 2.32. The van der Waals surface area contributed by atoms with Gasteiger partial charge in [0.25, 0.3) is 0 Å². The van der Waals surface area contributed by atoms with E-state index in [1.54, 1.807) is 13.0 Å². The SMILES string of the molecule is COc1c(C)c2c(c(O)c1C/C=C(\C)CP(=O)(OC)OC)C(=O)OC2. The van der Waals surface area contributed by atoms with E-state index in [1.165, 1.54) is 21.3 Å². The molecule has 1 N–H and O–H groups in total. The lowest BCUT2D eigenvalue weighted by atomic mass is 9.95. The molecule has 2 rings (SSSR count). The zero-order chi connectivity index (χ0) is 18.8. The Labute approximate surface area is 147 Å². The highest BCUT2D eigenvalue weighted by atomic mass is 31.2. The maximum absolute atomic E-state index is 12.2. The molecule has 0 saturated carbocycles. The van der Waals surface area contributed by atoms with Gasteiger partial charge in [0, 0.05) is 25.3 Å². The average Bonchev–Trinajstić information content (AvgIpc) is 2.98. The predicted molar refractivity (Wildman–Crippen MR) is 92.5 cm³/mol. The van der Waals surface area contributed by atoms with Crippen molar-refractivity contribution in [2.45, 2.75) is 26.9 Å². The number of hydrogen-bond donors (Lipinski definition) is 1. The maximum atomic E-state index is 12.2. The van der Waals surface area contributed by atoms with Crippen molar-refractivity contribution in [1.29, 1.82) is 0 Å². The largest absolute Gasteiger partial charge is 0.507 e. The van der Waals surface area contributed by atoms with E-state index >= 15 is 0 Å². The molecule has 0 bridgehead atoms. The fraction of sp³-hybridized carbons (Fsp3) is 0.471. The van der Waals surface area contributed by atoms with Gasteiger partial charge in [-0.1, -0.05) is 11.6 Å². The first-order valence-corrected chi connectivity index (χ1v) is 9.45. The molecular weight excluding hydrogens is 347 g/mol. The van der Waals surface area contributed by atoms with Gasteiger partial charge < -0.3 is 23.6 Å². The number of aromatic hydroxyl groups is 1. The van der Waals surface area contributed by atoms with E-state index in [1.807, 2.05) is 6.92 Å². The Morgan fingerprint density at radius 1 is 1.32 bits per heavy atom. The van der Waals surface area contributed by atoms with Gasteiger partial charge in [-0.05, 0) is 25.8 Å². The van der Waals surface area contributed by atoms with Crippen LogP contribution in [0.3, 0.4) is 0 Å². The number of hydrogen-bond acceptors (Lipinski definition) is 7. The molecule has 1 aliphatic heterocycles. The molecule has 25 heavy (non-hydrogen) atoms. The molecule has 0 amide bonds. The second-order valence-corrected chi connectivity index (χ2v) is 8.07. The van der Waals surface area contributed by atoms with Gasteiger partial charge in [0.05, 0.1) is 13.3 Å². The van der Waals surface area contributed by atoms with Crippen molar-refractivity contribution >= 4 is 13.6 Å². The Morgan fingerprint density at radius 2 is 1.96 bits per heavy atom. The molecule has 1 aromatic rings. The Balaban J connectivity index is 2.39. The quantitative estimate of drug-likeness (QED) is 0.447. The molecule has 138 valence electrons. The number of ether oxygens (including phenoxy) is 2. The van der Waals surface area contributed by atoms with Crippen LogP contribution in [-0.4, -0.2) is 38.6 Å². The first-order chi connectivity index (χ1) is 11.8. The summed E-state index contributed by atoms with van der Waals surface area (Å²) in [6.45, 7) is 3.75. The van der Waals surface area contributed by atoms with Crippen LogP contribution in [0.15, 0.2) is 11.6 Å². The topological polar surface area (TPSA) is 91.3 Å². The lowest BCUT2D eigenvalue weighted by Gasteiger charge is -2.16. The second kappa shape index (κ2) is 7.60. The summed E-state index contributed by atoms with van der Waals surface area (Å²) in [7, 11) is 1.02. The number of carbonyl (C=O) groups excluding carboxylic acids is 1. The molecule has 7 nitrogen and oxygen atoms in total. The van der Waals surface area contributed by atoms with Crippen LogP contribution in [0.5, 0.6) is 11.5 Å². The number of benzene rings is 1. The van der Waals surface area contributed by atoms with E-state index in [0.29, 0.717) is 23.3 Å². The van der Waals surface area contributed by atoms with E-state index in [-0.39, 0.29) is 24.1 Å². The lowest BCUT2D eigenvalue weighted by molar-refractivity contribution is 0.0533. The summed E-state index contributed by atoms with van der Waals surface area (Å²) in [5.74, 6) is -0.158. The van der Waals surface area contributed by atoms with Crippen molar-refractivity contribution in [2.24, 2.45) is 0 Å². The third-order valence-corrected chi connectivity index (χ3v) is 6.30. The van der Waals surface area contributed by atoms with E-state index < -0.39 is 13.6 Å². The van der Waals surface area contributed by atoms with Crippen molar-refractivity contribution in [3.05, 3.63) is 33.9 Å². The maximum Gasteiger partial charge on any atom is 0.342 e. The fourth-order valence-corrected chi connectivity index (χ4v) is 4.03. The molecule has 0 atom stereocenters. The monoisotopic (exact) mass is 370 g/mol. The van der Waals surface area contributed by atoms with Gasteiger partial charge in [0.2, 0.25) is 0 Å². The van der Waals surface area contributed by atoms with Crippen LogP contribution in [0.25, 0.3) is 0 Å². The van der Waals surface area contributed by atoms with Crippen molar-refractivity contribution in [3.8, 4) is 11.5 Å². The van der Waals surface area contributed by atoms with Gasteiger partial charge >= 0.3 is 13.6 Å². The summed E-state index contributed by atoms with van der Waals surface area (Å²) >= 11 is 0. The number of phenolic OH excluding ortho intramolecular Hbond substituents is 1. The molecule has 0 saturated heterocycles. The lowest BCUT2D eigenvalue weighted by Crippen LogP contribution is -2.03. The molecule has 0 aliphatic carbocycles. The summed E-state index contributed by atoms with van der Waals surface area (Å²) in [5, 5.41) is 10.5. The zero-order valence-electron chi connectivity index (χ0n) is 15.0. The van der Waals surface area contributed by atoms with Gasteiger partial charge in [-0.25, -0.2) is 4.79 Å². The molecular formula is C17H23O7P. The third kappa shape index (κ3) is 3.73. The van der Waals surface area contributed by atoms with Crippen LogP contribution in [-0.2, 0) is 31.4 Å². The fourth-order valence-electron chi connectivity index (χ4n) is 2.88. The van der Waals surface area contributed by atoms with E-state index in [0.717, 1.165) is 11.1 Å². The Hall–Kier alpha value is -1.82. The van der Waals surface area contributed by atoms with E-state index in [4.69, 9.17) is 18.5 Å². The van der Waals surface area contributed by atoms with Crippen LogP contribution < -0.4 is 4.74 Å². The van der Waals surface area contributed by atoms with Gasteiger partial charge in [-0.2, -0.15) is 0 Å². The van der Waals surface area contributed by atoms with Crippen LogP contribution in [0.1, 0.15) is 34.0 Å². The van der Waals surface area contributed by atoms with Gasteiger partial charge in [0.15, 0.2) is 0 Å². The third-order valence-electron chi connectivity index (χ3n) is 4.30. The van der Waals surface area contributed by atoms with Crippen LogP contribution in [0.4, 0.5) is 0 Å². The molecule has 1 heterocycles. The number of carbonyl (C=O) groups is 1. The number of esters is 1. The first kappa shape index (κ1) is 19.5. The first-order valence-electron chi connectivity index (χ1n) is 7.72. The van der Waals surface area contributed by atoms with Gasteiger partial charge in [-0.3, -0.25) is 4.57 Å². The minimum Gasteiger partial charge on any atom is -0.507 e. The van der Waals surface area contributed by atoms with Crippen molar-refractivity contribution in [2.75, 3.05) is 27.5 Å². The minimum absolute atomic E-state index is 0.129. The number of fused-ring (bicyclic) bond motifs is 1. The number of methoxy groups -OCH3 is 1. The smallest absolute Gasteiger partial charge is 0.342 e. The summed E-state index contributed by atoms with van der Waals surface area (Å²) in [5.41, 5.74) is 2.86. The number of rotatable bonds is 7. The highest BCUT2D eigenvalue weighted by Crippen LogP contribution is 2.48. The van der Waals surface area contributed by atoms with E-state index in [2.05, 4.69) is 0 Å². The molecule has 8 heteroatoms. The highest BCUT2D eigenvalue weighted by molar-refractivity contribution is 7.54. The summed E-state index contributed by atoms with van der Waals surface area (Å²) in [6.07, 6.45) is 2.24. The molecule has 0 spiro atoms. The zero-order valence-corrected chi connectivity index (χ0v) is 15.9. The molecule has 1 aliphatic rings. The Bertz CT molecular complexity index is 759. The molecule has 0 radical (unpaired) electrons. The molecule has 1 aromatic carbocycles. The van der Waals surface area contributed by atoms with Gasteiger partial charge in [-0.15, -0.1) is 0 Å². The van der Waals surface area contributed by atoms with Crippen LogP contribution in [0, 0.1) is 6.92 Å². The Kier molecular flexibility index (Phi) is 5.93.